The largest absolute Gasteiger partial charge is 0.370 e. The fourth-order valence-corrected chi connectivity index (χ4v) is 4.00. The van der Waals surface area contributed by atoms with Crippen LogP contribution in [0, 0.1) is 0 Å². The van der Waals surface area contributed by atoms with Gasteiger partial charge in [-0.25, -0.2) is 4.68 Å². The van der Waals surface area contributed by atoms with Gasteiger partial charge in [-0.15, -0.1) is 0 Å². The van der Waals surface area contributed by atoms with Gasteiger partial charge in [0.1, 0.15) is 5.60 Å². The minimum Gasteiger partial charge on any atom is -0.370 e. The molecule has 0 bridgehead atoms. The summed E-state index contributed by atoms with van der Waals surface area (Å²) in [7, 11) is 0. The van der Waals surface area contributed by atoms with Crippen molar-refractivity contribution in [3.8, 4) is 5.69 Å². The maximum Gasteiger partial charge on any atom is 0.223 e. The molecule has 3 heterocycles. The second-order valence-corrected chi connectivity index (χ2v) is 7.22. The highest BCUT2D eigenvalue weighted by Gasteiger charge is 2.44. The number of piperidine rings is 1. The molecular formula is C20H24N4O3. The van der Waals surface area contributed by atoms with Gasteiger partial charge < -0.3 is 15.4 Å². The van der Waals surface area contributed by atoms with E-state index < -0.39 is 11.5 Å². The topological polar surface area (TPSA) is 90.5 Å². The smallest absolute Gasteiger partial charge is 0.223 e. The van der Waals surface area contributed by atoms with Crippen LogP contribution in [0.15, 0.2) is 36.5 Å². The summed E-state index contributed by atoms with van der Waals surface area (Å²) in [5, 5.41) is 4.85. The summed E-state index contributed by atoms with van der Waals surface area (Å²) in [4.78, 5) is 25.0. The van der Waals surface area contributed by atoms with Crippen LogP contribution < -0.4 is 5.73 Å². The number of nitrogens with two attached hydrogens (primary N) is 1. The molecule has 2 aliphatic heterocycles. The van der Waals surface area contributed by atoms with Gasteiger partial charge in [0.15, 0.2) is 0 Å². The Hall–Kier alpha value is -2.67. The van der Waals surface area contributed by atoms with Crippen molar-refractivity contribution in [2.75, 3.05) is 19.7 Å². The van der Waals surface area contributed by atoms with Crippen LogP contribution in [-0.4, -0.2) is 46.2 Å². The molecule has 2 aromatic rings. The lowest BCUT2D eigenvalue weighted by molar-refractivity contribution is -0.142. The Bertz CT molecular complexity index is 838. The zero-order valence-corrected chi connectivity index (χ0v) is 15.3. The summed E-state index contributed by atoms with van der Waals surface area (Å²) >= 11 is 0. The van der Waals surface area contributed by atoms with Gasteiger partial charge >= 0.3 is 0 Å². The molecule has 0 aliphatic carbocycles. The van der Waals surface area contributed by atoms with Crippen LogP contribution in [0.25, 0.3) is 5.69 Å². The molecule has 2 aliphatic rings. The lowest BCUT2D eigenvalue weighted by Crippen LogP contribution is -2.48. The summed E-state index contributed by atoms with van der Waals surface area (Å²) in [5.74, 6) is -0.460. The summed E-state index contributed by atoms with van der Waals surface area (Å²) in [6.07, 6.45) is 4.66. The fraction of sp³-hybridized carbons (Fsp3) is 0.450. The van der Waals surface area contributed by atoms with E-state index in [-0.39, 0.29) is 18.7 Å². The first kappa shape index (κ1) is 17.7. The second-order valence-electron chi connectivity index (χ2n) is 7.22. The number of benzene rings is 1. The first-order chi connectivity index (χ1) is 13.1. The van der Waals surface area contributed by atoms with Crippen LogP contribution in [0.3, 0.4) is 0 Å². The zero-order chi connectivity index (χ0) is 18.9. The van der Waals surface area contributed by atoms with Crippen LogP contribution in [0.4, 0.5) is 0 Å². The van der Waals surface area contributed by atoms with Crippen molar-refractivity contribution >= 4 is 11.8 Å². The van der Waals surface area contributed by atoms with Crippen molar-refractivity contribution in [1.29, 1.82) is 0 Å². The normalized spacial score (nSPS) is 18.3. The molecule has 1 saturated heterocycles. The number of para-hydroxylation sites is 1. The molecule has 1 aromatic heterocycles. The minimum absolute atomic E-state index is 0.0190. The van der Waals surface area contributed by atoms with E-state index in [2.05, 4.69) is 6.20 Å². The quantitative estimate of drug-likeness (QED) is 0.886. The fourth-order valence-electron chi connectivity index (χ4n) is 4.00. The Morgan fingerprint density at radius 1 is 1.15 bits per heavy atom. The molecule has 0 radical (unpaired) electrons. The van der Waals surface area contributed by atoms with E-state index in [9.17, 15) is 9.59 Å². The van der Waals surface area contributed by atoms with Crippen molar-refractivity contribution in [3.63, 3.8) is 0 Å². The summed E-state index contributed by atoms with van der Waals surface area (Å²) in [6, 6.07) is 10.1. The molecule has 1 fully saturated rings. The molecule has 7 nitrogen and oxygen atoms in total. The number of primary amides is 1. The highest BCUT2D eigenvalue weighted by Crippen LogP contribution is 2.41. The number of nitrogens with zero attached hydrogens (tertiary/aromatic N) is 3. The number of fused-ring (bicyclic) bond motifs is 2. The van der Waals surface area contributed by atoms with Gasteiger partial charge in [-0.05, 0) is 37.0 Å². The summed E-state index contributed by atoms with van der Waals surface area (Å²) in [5.41, 5.74) is 7.97. The lowest BCUT2D eigenvalue weighted by Gasteiger charge is -2.43. The van der Waals surface area contributed by atoms with Gasteiger partial charge in [0, 0.05) is 32.1 Å². The SMILES string of the molecule is NC(=O)CCC(=O)N1CCC2(CC1)OCCc1cn(-c3ccccc3)nc12. The third-order valence-corrected chi connectivity index (χ3v) is 5.50. The van der Waals surface area contributed by atoms with Gasteiger partial charge in [-0.2, -0.15) is 5.10 Å². The van der Waals surface area contributed by atoms with Gasteiger partial charge in [0.05, 0.1) is 18.0 Å². The summed E-state index contributed by atoms with van der Waals surface area (Å²) in [6.45, 7) is 1.88. The molecule has 7 heteroatoms. The number of amides is 2. The van der Waals surface area contributed by atoms with Gasteiger partial charge in [0.2, 0.25) is 11.8 Å². The highest BCUT2D eigenvalue weighted by molar-refractivity contribution is 5.82. The van der Waals surface area contributed by atoms with Gasteiger partial charge in [-0.3, -0.25) is 9.59 Å². The molecule has 27 heavy (non-hydrogen) atoms. The molecule has 142 valence electrons. The van der Waals surface area contributed by atoms with Crippen LogP contribution >= 0.6 is 0 Å². The number of hydrogen-bond acceptors (Lipinski definition) is 4. The standard InChI is InChI=1S/C20H24N4O3/c21-17(25)6-7-18(26)23-11-9-20(10-12-23)19-15(8-13-27-20)14-24(22-19)16-4-2-1-3-5-16/h1-5,14H,6-13H2,(H2,21,25). The predicted molar refractivity (Wildman–Crippen MR) is 99.1 cm³/mol. The van der Waals surface area contributed by atoms with Crippen molar-refractivity contribution in [2.24, 2.45) is 5.73 Å². The molecule has 1 aromatic carbocycles. The van der Waals surface area contributed by atoms with Crippen LogP contribution in [0.1, 0.15) is 36.9 Å². The minimum atomic E-state index is -0.441. The number of likely N-dealkylation sites (tertiary alicyclic amines) is 1. The maximum absolute atomic E-state index is 12.3. The molecular weight excluding hydrogens is 344 g/mol. The Morgan fingerprint density at radius 2 is 1.89 bits per heavy atom. The van der Waals surface area contributed by atoms with Crippen molar-refractivity contribution in [1.82, 2.24) is 14.7 Å². The van der Waals surface area contributed by atoms with E-state index in [1.54, 1.807) is 4.90 Å². The van der Waals surface area contributed by atoms with E-state index in [1.165, 1.54) is 5.56 Å². The molecule has 0 saturated carbocycles. The number of carbonyl (C=O) groups excluding carboxylic acids is 2. The van der Waals surface area contributed by atoms with Crippen molar-refractivity contribution in [2.45, 2.75) is 37.7 Å². The Labute approximate surface area is 158 Å². The van der Waals surface area contributed by atoms with Gasteiger partial charge in [0.25, 0.3) is 0 Å². The number of carbonyl (C=O) groups is 2. The number of rotatable bonds is 4. The third kappa shape index (κ3) is 3.47. The number of hydrogen-bond donors (Lipinski definition) is 1. The Morgan fingerprint density at radius 3 is 2.59 bits per heavy atom. The first-order valence-corrected chi connectivity index (χ1v) is 9.42. The first-order valence-electron chi connectivity index (χ1n) is 9.42. The van der Waals surface area contributed by atoms with E-state index in [0.29, 0.717) is 32.5 Å². The molecule has 4 rings (SSSR count). The average Bonchev–Trinajstić information content (AvgIpc) is 3.13. The van der Waals surface area contributed by atoms with E-state index in [1.807, 2.05) is 35.0 Å². The van der Waals surface area contributed by atoms with Crippen LogP contribution in [0.5, 0.6) is 0 Å². The monoisotopic (exact) mass is 368 g/mol. The molecule has 1 spiro atoms. The Balaban J connectivity index is 1.51. The molecule has 2 N–H and O–H groups in total. The van der Waals surface area contributed by atoms with Gasteiger partial charge in [-0.1, -0.05) is 18.2 Å². The average molecular weight is 368 g/mol. The lowest BCUT2D eigenvalue weighted by atomic mass is 9.83. The number of aromatic nitrogens is 2. The van der Waals surface area contributed by atoms with E-state index in [0.717, 1.165) is 17.8 Å². The number of ether oxygens (including phenoxy) is 1. The summed E-state index contributed by atoms with van der Waals surface area (Å²) < 4.78 is 8.14. The highest BCUT2D eigenvalue weighted by atomic mass is 16.5. The third-order valence-electron chi connectivity index (χ3n) is 5.50. The molecule has 0 unspecified atom stereocenters. The van der Waals surface area contributed by atoms with Crippen molar-refractivity contribution in [3.05, 3.63) is 47.8 Å². The molecule has 2 amide bonds. The Kier molecular flexibility index (Phi) is 4.70. The van der Waals surface area contributed by atoms with E-state index >= 15 is 0 Å². The predicted octanol–water partition coefficient (Wildman–Crippen LogP) is 1.53. The van der Waals surface area contributed by atoms with Crippen LogP contribution in [0.2, 0.25) is 0 Å². The molecule has 0 atom stereocenters. The van der Waals surface area contributed by atoms with Crippen LogP contribution in [-0.2, 0) is 26.3 Å². The van der Waals surface area contributed by atoms with E-state index in [4.69, 9.17) is 15.6 Å². The van der Waals surface area contributed by atoms with Crippen molar-refractivity contribution < 1.29 is 14.3 Å². The maximum atomic E-state index is 12.3. The zero-order valence-electron chi connectivity index (χ0n) is 15.3. The second kappa shape index (κ2) is 7.15.